The normalized spacial score (nSPS) is 10.3. The molecule has 0 atom stereocenters. The first kappa shape index (κ1) is 15.0. The van der Waals surface area contributed by atoms with Crippen LogP contribution in [-0.4, -0.2) is 5.91 Å². The number of hydrogen-bond acceptors (Lipinski definition) is 3. The summed E-state index contributed by atoms with van der Waals surface area (Å²) < 4.78 is 14.7. The number of nitrogens with two attached hydrogens (primary N) is 1. The predicted octanol–water partition coefficient (Wildman–Crippen LogP) is 3.48. The molecule has 2 aromatic carbocycles. The summed E-state index contributed by atoms with van der Waals surface area (Å²) >= 11 is 4.86. The maximum atomic E-state index is 13.7. The molecule has 3 N–H and O–H groups in total. The quantitative estimate of drug-likeness (QED) is 0.382. The van der Waals surface area contributed by atoms with Crippen molar-refractivity contribution in [3.05, 3.63) is 63.9 Å². The van der Waals surface area contributed by atoms with E-state index in [9.17, 15) is 9.18 Å². The van der Waals surface area contributed by atoms with E-state index in [0.29, 0.717) is 16.9 Å². The molecule has 2 aromatic rings. The smallest absolute Gasteiger partial charge is 0.265 e. The van der Waals surface area contributed by atoms with Gasteiger partial charge in [0.1, 0.15) is 5.82 Å². The summed E-state index contributed by atoms with van der Waals surface area (Å²) in [5.74, 6) is 4.75. The molecule has 0 saturated heterocycles. The van der Waals surface area contributed by atoms with E-state index in [1.54, 1.807) is 0 Å². The molecular formula is C14H12BrFN2OS. The van der Waals surface area contributed by atoms with Gasteiger partial charge in [0, 0.05) is 20.7 Å². The minimum atomic E-state index is -0.431. The largest absolute Gasteiger partial charge is 0.290 e. The first-order valence-electron chi connectivity index (χ1n) is 5.78. The predicted molar refractivity (Wildman–Crippen MR) is 81.8 cm³/mol. The molecule has 0 radical (unpaired) electrons. The van der Waals surface area contributed by atoms with E-state index in [2.05, 4.69) is 15.9 Å². The van der Waals surface area contributed by atoms with Crippen LogP contribution in [0.2, 0.25) is 0 Å². The number of thioether (sulfide) groups is 1. The van der Waals surface area contributed by atoms with E-state index in [0.717, 1.165) is 9.37 Å². The lowest BCUT2D eigenvalue weighted by Crippen LogP contribution is -2.30. The number of carbonyl (C=O) groups excluding carboxylic acids is 1. The maximum Gasteiger partial charge on any atom is 0.265 e. The molecule has 0 heterocycles. The molecule has 20 heavy (non-hydrogen) atoms. The average molecular weight is 355 g/mol. The van der Waals surface area contributed by atoms with Crippen molar-refractivity contribution in [2.75, 3.05) is 0 Å². The number of amides is 1. The third-order valence-electron chi connectivity index (χ3n) is 2.65. The Labute approximate surface area is 128 Å². The van der Waals surface area contributed by atoms with Crippen LogP contribution in [0.4, 0.5) is 4.39 Å². The summed E-state index contributed by atoms with van der Waals surface area (Å²) in [4.78, 5) is 12.4. The van der Waals surface area contributed by atoms with E-state index in [-0.39, 0.29) is 5.82 Å². The second-order valence-electron chi connectivity index (χ2n) is 4.02. The summed E-state index contributed by atoms with van der Waals surface area (Å²) in [5, 5.41) is 0. The number of rotatable bonds is 4. The molecule has 1 amide bonds. The molecule has 6 heteroatoms. The second-order valence-corrected chi connectivity index (χ2v) is 5.99. The summed E-state index contributed by atoms with van der Waals surface area (Å²) in [6.45, 7) is 0. The van der Waals surface area contributed by atoms with Gasteiger partial charge in [-0.1, -0.05) is 15.9 Å². The Bertz CT molecular complexity index is 619. The van der Waals surface area contributed by atoms with Crippen LogP contribution in [0, 0.1) is 5.82 Å². The van der Waals surface area contributed by atoms with Crippen LogP contribution in [0.3, 0.4) is 0 Å². The van der Waals surface area contributed by atoms with E-state index < -0.39 is 5.91 Å². The highest BCUT2D eigenvalue weighted by atomic mass is 79.9. The third-order valence-corrected chi connectivity index (χ3v) is 4.24. The molecular weight excluding hydrogens is 343 g/mol. The van der Waals surface area contributed by atoms with Gasteiger partial charge in [-0.2, -0.15) is 0 Å². The summed E-state index contributed by atoms with van der Waals surface area (Å²) in [5.41, 5.74) is 2.85. The molecule has 0 bridgehead atoms. The van der Waals surface area contributed by atoms with Gasteiger partial charge in [-0.3, -0.25) is 10.2 Å². The molecule has 0 saturated carbocycles. The van der Waals surface area contributed by atoms with Crippen LogP contribution < -0.4 is 11.3 Å². The Morgan fingerprint density at radius 3 is 2.60 bits per heavy atom. The molecule has 104 valence electrons. The van der Waals surface area contributed by atoms with Crippen molar-refractivity contribution in [2.45, 2.75) is 10.6 Å². The number of halogens is 2. The molecule has 0 aliphatic carbocycles. The van der Waals surface area contributed by atoms with Gasteiger partial charge in [-0.05, 0) is 48.0 Å². The van der Waals surface area contributed by atoms with Crippen molar-refractivity contribution in [1.29, 1.82) is 0 Å². The van der Waals surface area contributed by atoms with Crippen LogP contribution in [-0.2, 0) is 5.75 Å². The molecule has 0 fully saturated rings. The molecule has 3 nitrogen and oxygen atoms in total. The lowest BCUT2D eigenvalue weighted by molar-refractivity contribution is 0.0953. The van der Waals surface area contributed by atoms with Crippen molar-refractivity contribution in [1.82, 2.24) is 5.43 Å². The van der Waals surface area contributed by atoms with Gasteiger partial charge >= 0.3 is 0 Å². The minimum Gasteiger partial charge on any atom is -0.290 e. The highest BCUT2D eigenvalue weighted by Crippen LogP contribution is 2.26. The van der Waals surface area contributed by atoms with E-state index in [1.807, 2.05) is 29.7 Å². The first-order valence-corrected chi connectivity index (χ1v) is 7.56. The first-order chi connectivity index (χ1) is 9.60. The second kappa shape index (κ2) is 6.88. The molecule has 0 aliphatic heterocycles. The number of benzene rings is 2. The van der Waals surface area contributed by atoms with Crippen LogP contribution in [0.5, 0.6) is 0 Å². The van der Waals surface area contributed by atoms with Gasteiger partial charge in [0.15, 0.2) is 0 Å². The lowest BCUT2D eigenvalue weighted by Gasteiger charge is -2.06. The van der Waals surface area contributed by atoms with Gasteiger partial charge in [-0.15, -0.1) is 11.8 Å². The molecule has 0 aromatic heterocycles. The van der Waals surface area contributed by atoms with Crippen LogP contribution in [0.1, 0.15) is 15.9 Å². The number of hydrogen-bond donors (Lipinski definition) is 2. The fraction of sp³-hybridized carbons (Fsp3) is 0.0714. The number of nitrogens with one attached hydrogen (secondary N) is 1. The van der Waals surface area contributed by atoms with E-state index >= 15 is 0 Å². The van der Waals surface area contributed by atoms with Gasteiger partial charge < -0.3 is 0 Å². The van der Waals surface area contributed by atoms with Crippen LogP contribution >= 0.6 is 27.7 Å². The summed E-state index contributed by atoms with van der Waals surface area (Å²) in [6, 6.07) is 12.0. The zero-order valence-electron chi connectivity index (χ0n) is 10.4. The van der Waals surface area contributed by atoms with Crippen molar-refractivity contribution < 1.29 is 9.18 Å². The summed E-state index contributed by atoms with van der Waals surface area (Å²) in [7, 11) is 0. The Kier molecular flexibility index (Phi) is 5.17. The van der Waals surface area contributed by atoms with Gasteiger partial charge in [0.05, 0.1) is 0 Å². The van der Waals surface area contributed by atoms with Gasteiger partial charge in [0.25, 0.3) is 5.91 Å². The Hall–Kier alpha value is -1.37. The van der Waals surface area contributed by atoms with Crippen molar-refractivity contribution in [2.24, 2.45) is 5.84 Å². The Morgan fingerprint density at radius 1 is 1.25 bits per heavy atom. The third kappa shape index (κ3) is 3.82. The van der Waals surface area contributed by atoms with Crippen LogP contribution in [0.25, 0.3) is 0 Å². The van der Waals surface area contributed by atoms with Crippen molar-refractivity contribution >= 4 is 33.6 Å². The lowest BCUT2D eigenvalue weighted by atomic mass is 10.1. The maximum absolute atomic E-state index is 13.7. The van der Waals surface area contributed by atoms with Crippen molar-refractivity contribution in [3.8, 4) is 0 Å². The minimum absolute atomic E-state index is 0.330. The van der Waals surface area contributed by atoms with Gasteiger partial charge in [0.2, 0.25) is 0 Å². The topological polar surface area (TPSA) is 55.1 Å². The zero-order chi connectivity index (χ0) is 14.5. The van der Waals surface area contributed by atoms with E-state index in [1.165, 1.54) is 30.0 Å². The fourth-order valence-electron chi connectivity index (χ4n) is 1.60. The molecule has 2 rings (SSSR count). The number of hydrazine groups is 1. The zero-order valence-corrected chi connectivity index (χ0v) is 12.8. The highest BCUT2D eigenvalue weighted by molar-refractivity contribution is 9.10. The molecule has 0 unspecified atom stereocenters. The van der Waals surface area contributed by atoms with E-state index in [4.69, 9.17) is 5.84 Å². The molecule has 0 aliphatic rings. The standard InChI is InChI=1S/C14H12BrFN2OS/c15-11-2-4-12(5-3-11)20-8-10-7-9(14(19)18-17)1-6-13(10)16/h1-7H,8,17H2,(H,18,19). The number of carbonyl (C=O) groups is 1. The average Bonchev–Trinajstić information content (AvgIpc) is 2.47. The van der Waals surface area contributed by atoms with Crippen LogP contribution in [0.15, 0.2) is 51.8 Å². The monoisotopic (exact) mass is 354 g/mol. The van der Waals surface area contributed by atoms with Gasteiger partial charge in [-0.25, -0.2) is 10.2 Å². The fourth-order valence-corrected chi connectivity index (χ4v) is 2.74. The Morgan fingerprint density at radius 2 is 1.95 bits per heavy atom. The summed E-state index contributed by atoms with van der Waals surface area (Å²) in [6.07, 6.45) is 0. The van der Waals surface area contributed by atoms with Crippen molar-refractivity contribution in [3.63, 3.8) is 0 Å². The molecule has 0 spiro atoms. The Balaban J connectivity index is 2.12. The number of nitrogen functional groups attached to an aromatic ring is 1. The highest BCUT2D eigenvalue weighted by Gasteiger charge is 2.09. The SMILES string of the molecule is NNC(=O)c1ccc(F)c(CSc2ccc(Br)cc2)c1.